The van der Waals surface area contributed by atoms with Crippen molar-refractivity contribution in [2.45, 2.75) is 18.9 Å². The maximum absolute atomic E-state index is 12.1. The highest BCUT2D eigenvalue weighted by Gasteiger charge is 2.33. The van der Waals surface area contributed by atoms with Gasteiger partial charge in [0, 0.05) is 6.54 Å². The van der Waals surface area contributed by atoms with E-state index in [9.17, 15) is 14.7 Å². The Labute approximate surface area is 120 Å². The lowest BCUT2D eigenvalue weighted by Gasteiger charge is -2.24. The first kappa shape index (κ1) is 14.7. The van der Waals surface area contributed by atoms with Gasteiger partial charge in [0.1, 0.15) is 0 Å². The van der Waals surface area contributed by atoms with Crippen molar-refractivity contribution in [3.8, 4) is 0 Å². The highest BCUT2D eigenvalue weighted by atomic mass is 32.1. The van der Waals surface area contributed by atoms with Gasteiger partial charge in [-0.05, 0) is 35.2 Å². The highest BCUT2D eigenvalue weighted by Crippen LogP contribution is 2.26. The quantitative estimate of drug-likeness (QED) is 0.720. The largest absolute Gasteiger partial charge is 0.481 e. The number of hydrogen-bond donors (Lipinski definition) is 3. The number of carbonyl (C=O) groups is 2. The van der Waals surface area contributed by atoms with E-state index in [1.807, 2.05) is 16.8 Å². The fraction of sp³-hybridized carbons (Fsp3) is 0.429. The van der Waals surface area contributed by atoms with Gasteiger partial charge in [0.15, 0.2) is 0 Å². The van der Waals surface area contributed by atoms with Crippen molar-refractivity contribution >= 4 is 23.2 Å². The first-order chi connectivity index (χ1) is 9.59. The van der Waals surface area contributed by atoms with Crippen LogP contribution in [0.3, 0.4) is 0 Å². The van der Waals surface area contributed by atoms with Gasteiger partial charge in [-0.15, -0.1) is 0 Å². The van der Waals surface area contributed by atoms with Crippen LogP contribution in [0.15, 0.2) is 29.0 Å². The third kappa shape index (κ3) is 3.46. The van der Waals surface area contributed by atoms with Crippen molar-refractivity contribution < 1.29 is 19.8 Å². The summed E-state index contributed by atoms with van der Waals surface area (Å²) >= 11 is 1.47. The smallest absolute Gasteiger partial charge is 0.307 e. The minimum absolute atomic E-state index is 0.0993. The number of aliphatic hydroxyl groups is 1. The summed E-state index contributed by atoms with van der Waals surface area (Å²) in [5, 5.41) is 25.3. The van der Waals surface area contributed by atoms with Crippen LogP contribution in [0.4, 0.5) is 0 Å². The molecule has 2 rings (SSSR count). The predicted molar refractivity (Wildman–Crippen MR) is 75.3 cm³/mol. The number of nitrogens with one attached hydrogen (secondary N) is 1. The number of aliphatic carboxylic acids is 1. The number of carboxylic acid groups (broad SMARTS) is 1. The van der Waals surface area contributed by atoms with Gasteiger partial charge >= 0.3 is 5.97 Å². The zero-order chi connectivity index (χ0) is 14.5. The molecule has 3 atom stereocenters. The third-order valence-electron chi connectivity index (χ3n) is 3.48. The van der Waals surface area contributed by atoms with Gasteiger partial charge in [-0.25, -0.2) is 0 Å². The monoisotopic (exact) mass is 295 g/mol. The Morgan fingerprint density at radius 2 is 2.05 bits per heavy atom. The summed E-state index contributed by atoms with van der Waals surface area (Å²) in [6, 6.07) is 1.80. The lowest BCUT2D eigenvalue weighted by molar-refractivity contribution is -0.147. The maximum atomic E-state index is 12.1. The Hall–Kier alpha value is -1.66. The minimum Gasteiger partial charge on any atom is -0.481 e. The van der Waals surface area contributed by atoms with E-state index in [2.05, 4.69) is 5.32 Å². The summed E-state index contributed by atoms with van der Waals surface area (Å²) in [5.41, 5.74) is 0.758. The number of allylic oxidation sites excluding steroid dienone is 2. The Bertz CT molecular complexity index is 497. The number of rotatable bonds is 5. The predicted octanol–water partition coefficient (Wildman–Crippen LogP) is 1.56. The molecular formula is C14H17NO4S. The summed E-state index contributed by atoms with van der Waals surface area (Å²) in [6.45, 7) is 0.0993. The van der Waals surface area contributed by atoms with E-state index in [0.29, 0.717) is 12.8 Å². The molecule has 0 bridgehead atoms. The molecule has 0 spiro atoms. The molecule has 0 radical (unpaired) electrons. The summed E-state index contributed by atoms with van der Waals surface area (Å²) in [4.78, 5) is 23.2. The van der Waals surface area contributed by atoms with E-state index in [0.717, 1.165) is 5.56 Å². The third-order valence-corrected chi connectivity index (χ3v) is 4.19. The minimum atomic E-state index is -0.951. The molecule has 5 nitrogen and oxygen atoms in total. The average Bonchev–Trinajstić information content (AvgIpc) is 2.98. The van der Waals surface area contributed by atoms with E-state index >= 15 is 0 Å². The lowest BCUT2D eigenvalue weighted by atomic mass is 9.82. The Kier molecular flexibility index (Phi) is 4.92. The van der Waals surface area contributed by atoms with Crippen molar-refractivity contribution in [3.63, 3.8) is 0 Å². The van der Waals surface area contributed by atoms with Crippen LogP contribution in [0.5, 0.6) is 0 Å². The Balaban J connectivity index is 1.90. The molecule has 0 aliphatic heterocycles. The molecule has 1 aliphatic rings. The van der Waals surface area contributed by atoms with Crippen LogP contribution in [-0.4, -0.2) is 28.6 Å². The van der Waals surface area contributed by atoms with Crippen LogP contribution >= 0.6 is 11.3 Å². The zero-order valence-corrected chi connectivity index (χ0v) is 11.7. The van der Waals surface area contributed by atoms with E-state index in [1.165, 1.54) is 11.3 Å². The number of aliphatic hydroxyl groups excluding tert-OH is 1. The number of amides is 1. The fourth-order valence-electron chi connectivity index (χ4n) is 2.29. The molecule has 0 saturated heterocycles. The van der Waals surface area contributed by atoms with Gasteiger partial charge in [-0.1, -0.05) is 12.2 Å². The highest BCUT2D eigenvalue weighted by molar-refractivity contribution is 7.07. The van der Waals surface area contributed by atoms with Crippen LogP contribution < -0.4 is 5.32 Å². The first-order valence-corrected chi connectivity index (χ1v) is 7.39. The van der Waals surface area contributed by atoms with E-state index in [4.69, 9.17) is 5.11 Å². The number of carboxylic acids is 1. The second-order valence-corrected chi connectivity index (χ2v) is 5.59. The SMILES string of the molecule is O=C(O)C1CC=CCC1C(=O)NCC(O)c1ccsc1. The molecule has 108 valence electrons. The van der Waals surface area contributed by atoms with Gasteiger partial charge in [-0.2, -0.15) is 11.3 Å². The molecule has 3 N–H and O–H groups in total. The molecule has 0 aromatic carbocycles. The van der Waals surface area contributed by atoms with Crippen LogP contribution in [0.1, 0.15) is 24.5 Å². The molecule has 1 amide bonds. The van der Waals surface area contributed by atoms with Crippen LogP contribution in [-0.2, 0) is 9.59 Å². The van der Waals surface area contributed by atoms with Gasteiger partial charge in [0.25, 0.3) is 0 Å². The van der Waals surface area contributed by atoms with Crippen molar-refractivity contribution in [2.75, 3.05) is 6.54 Å². The van der Waals surface area contributed by atoms with Gasteiger partial charge in [0.2, 0.25) is 5.91 Å². The lowest BCUT2D eigenvalue weighted by Crippen LogP contribution is -2.40. The van der Waals surface area contributed by atoms with Gasteiger partial charge < -0.3 is 15.5 Å². The van der Waals surface area contributed by atoms with Gasteiger partial charge in [-0.3, -0.25) is 9.59 Å². The fourth-order valence-corrected chi connectivity index (χ4v) is 2.99. The van der Waals surface area contributed by atoms with E-state index in [1.54, 1.807) is 12.1 Å². The normalized spacial score (nSPS) is 23.2. The standard InChI is InChI=1S/C14H17NO4S/c16-12(9-5-6-20-8-9)7-15-13(17)10-3-1-2-4-11(10)14(18)19/h1-2,5-6,8,10-12,16H,3-4,7H2,(H,15,17)(H,18,19). The maximum Gasteiger partial charge on any atom is 0.307 e. The number of carbonyl (C=O) groups excluding carboxylic acids is 1. The zero-order valence-electron chi connectivity index (χ0n) is 10.9. The van der Waals surface area contributed by atoms with Crippen molar-refractivity contribution in [1.29, 1.82) is 0 Å². The molecule has 20 heavy (non-hydrogen) atoms. The molecule has 1 aromatic heterocycles. The van der Waals surface area contributed by atoms with Crippen molar-refractivity contribution in [2.24, 2.45) is 11.8 Å². The molecule has 1 aliphatic carbocycles. The Morgan fingerprint density at radius 1 is 1.35 bits per heavy atom. The molecule has 3 unspecified atom stereocenters. The van der Waals surface area contributed by atoms with Gasteiger partial charge in [0.05, 0.1) is 17.9 Å². The molecule has 1 heterocycles. The molecule has 6 heteroatoms. The van der Waals surface area contributed by atoms with Crippen LogP contribution in [0.25, 0.3) is 0 Å². The average molecular weight is 295 g/mol. The molecule has 0 fully saturated rings. The number of thiophene rings is 1. The molecule has 0 saturated carbocycles. The van der Waals surface area contributed by atoms with Crippen molar-refractivity contribution in [3.05, 3.63) is 34.5 Å². The summed E-state index contributed by atoms with van der Waals surface area (Å²) in [5.74, 6) is -2.51. The van der Waals surface area contributed by atoms with E-state index < -0.39 is 23.9 Å². The second-order valence-electron chi connectivity index (χ2n) is 4.81. The summed E-state index contributed by atoms with van der Waals surface area (Å²) in [7, 11) is 0. The summed E-state index contributed by atoms with van der Waals surface area (Å²) in [6.07, 6.45) is 3.67. The Morgan fingerprint density at radius 3 is 2.65 bits per heavy atom. The second kappa shape index (κ2) is 6.67. The van der Waals surface area contributed by atoms with Crippen LogP contribution in [0, 0.1) is 11.8 Å². The first-order valence-electron chi connectivity index (χ1n) is 6.45. The molecular weight excluding hydrogens is 278 g/mol. The topological polar surface area (TPSA) is 86.6 Å². The summed E-state index contributed by atoms with van der Waals surface area (Å²) < 4.78 is 0. The number of hydrogen-bond acceptors (Lipinski definition) is 4. The van der Waals surface area contributed by atoms with Crippen molar-refractivity contribution in [1.82, 2.24) is 5.32 Å². The van der Waals surface area contributed by atoms with E-state index in [-0.39, 0.29) is 12.5 Å². The van der Waals surface area contributed by atoms with Crippen LogP contribution in [0.2, 0.25) is 0 Å². The molecule has 1 aromatic rings.